The molecule has 32 heavy (non-hydrogen) atoms. The van der Waals surface area contributed by atoms with Crippen LogP contribution in [0, 0.1) is 12.8 Å². The fourth-order valence-electron chi connectivity index (χ4n) is 5.03. The summed E-state index contributed by atoms with van der Waals surface area (Å²) in [4.78, 5) is 0.351. The Balaban J connectivity index is 1.47. The number of rotatable bonds is 5. The van der Waals surface area contributed by atoms with Gasteiger partial charge in [-0.2, -0.15) is 4.31 Å². The molecule has 2 aliphatic rings. The molecule has 4 nitrogen and oxygen atoms in total. The molecule has 0 amide bonds. The minimum Gasteiger partial charge on any atom is -0.378 e. The number of benzene rings is 3. The SMILES string of the molecule is Cc1cccc(C2Nc3ccc(S(=O)(=O)N(C)Cc4ccccc4)cc3C3C=CCC32)c1. The molecule has 164 valence electrons. The topological polar surface area (TPSA) is 49.4 Å². The quantitative estimate of drug-likeness (QED) is 0.518. The van der Waals surface area contributed by atoms with Crippen molar-refractivity contribution in [3.05, 3.63) is 107 Å². The second-order valence-electron chi connectivity index (χ2n) is 8.89. The predicted molar refractivity (Wildman–Crippen MR) is 129 cm³/mol. The number of hydrogen-bond acceptors (Lipinski definition) is 3. The molecule has 3 unspecified atom stereocenters. The summed E-state index contributed by atoms with van der Waals surface area (Å²) in [6.45, 7) is 2.47. The summed E-state index contributed by atoms with van der Waals surface area (Å²) < 4.78 is 28.1. The summed E-state index contributed by atoms with van der Waals surface area (Å²) in [5.74, 6) is 0.593. The van der Waals surface area contributed by atoms with E-state index in [2.05, 4.69) is 48.7 Å². The number of aryl methyl sites for hydroxylation is 1. The van der Waals surface area contributed by atoms with Crippen molar-refractivity contribution >= 4 is 15.7 Å². The van der Waals surface area contributed by atoms with E-state index in [0.717, 1.165) is 23.2 Å². The molecule has 1 aliphatic carbocycles. The highest BCUT2D eigenvalue weighted by Crippen LogP contribution is 2.50. The van der Waals surface area contributed by atoms with E-state index in [0.29, 0.717) is 17.4 Å². The molecule has 0 bridgehead atoms. The van der Waals surface area contributed by atoms with Gasteiger partial charge in [0.2, 0.25) is 10.0 Å². The van der Waals surface area contributed by atoms with Crippen molar-refractivity contribution in [3.8, 4) is 0 Å². The van der Waals surface area contributed by atoms with Crippen molar-refractivity contribution in [3.63, 3.8) is 0 Å². The molecular weight excluding hydrogens is 416 g/mol. The van der Waals surface area contributed by atoms with Crippen LogP contribution in [-0.2, 0) is 16.6 Å². The summed E-state index contributed by atoms with van der Waals surface area (Å²) in [7, 11) is -1.94. The largest absolute Gasteiger partial charge is 0.378 e. The maximum atomic E-state index is 13.3. The first-order chi connectivity index (χ1) is 15.4. The lowest BCUT2D eigenvalue weighted by atomic mass is 9.77. The first kappa shape index (κ1) is 21.0. The third kappa shape index (κ3) is 3.76. The van der Waals surface area contributed by atoms with Crippen LogP contribution in [0.2, 0.25) is 0 Å². The standard InChI is InChI=1S/C27H28N2O2S/c1-19-8-6-11-21(16-19)27-24-13-7-12-23(24)25-17-22(14-15-26(25)28-27)32(30,31)29(2)18-20-9-4-3-5-10-20/h3-12,14-17,23-24,27-28H,13,18H2,1-2H3. The van der Waals surface area contributed by atoms with Gasteiger partial charge in [0.05, 0.1) is 10.9 Å². The number of nitrogens with one attached hydrogen (secondary N) is 1. The predicted octanol–water partition coefficient (Wildman–Crippen LogP) is 5.64. The van der Waals surface area contributed by atoms with Gasteiger partial charge in [0.25, 0.3) is 0 Å². The lowest BCUT2D eigenvalue weighted by molar-refractivity contribution is 0.424. The molecular formula is C27H28N2O2S. The number of anilines is 1. The van der Waals surface area contributed by atoms with Gasteiger partial charge in [0, 0.05) is 25.2 Å². The van der Waals surface area contributed by atoms with Crippen LogP contribution in [0.5, 0.6) is 0 Å². The summed E-state index contributed by atoms with van der Waals surface area (Å²) >= 11 is 0. The highest BCUT2D eigenvalue weighted by atomic mass is 32.2. The number of hydrogen-bond donors (Lipinski definition) is 1. The fraction of sp³-hybridized carbons (Fsp3) is 0.259. The minimum atomic E-state index is -3.59. The molecule has 3 aromatic carbocycles. The fourth-order valence-corrected chi connectivity index (χ4v) is 6.23. The van der Waals surface area contributed by atoms with Crippen molar-refractivity contribution in [2.45, 2.75) is 36.7 Å². The third-order valence-electron chi connectivity index (χ3n) is 6.69. The van der Waals surface area contributed by atoms with E-state index in [9.17, 15) is 8.42 Å². The van der Waals surface area contributed by atoms with Gasteiger partial charge in [-0.05, 0) is 54.2 Å². The van der Waals surface area contributed by atoms with Gasteiger partial charge < -0.3 is 5.32 Å². The average Bonchev–Trinajstić information content (AvgIpc) is 3.29. The van der Waals surface area contributed by atoms with Gasteiger partial charge in [-0.25, -0.2) is 8.42 Å². The number of allylic oxidation sites excluding steroid dienone is 2. The molecule has 0 radical (unpaired) electrons. The number of nitrogens with zero attached hydrogens (tertiary/aromatic N) is 1. The Morgan fingerprint density at radius 3 is 2.59 bits per heavy atom. The Labute approximate surface area is 190 Å². The maximum Gasteiger partial charge on any atom is 0.243 e. The summed E-state index contributed by atoms with van der Waals surface area (Å²) in [6.07, 6.45) is 5.47. The number of sulfonamides is 1. The molecule has 5 heteroatoms. The average molecular weight is 445 g/mol. The Morgan fingerprint density at radius 2 is 1.81 bits per heavy atom. The van der Waals surface area contributed by atoms with Crippen molar-refractivity contribution in [2.75, 3.05) is 12.4 Å². The second kappa shape index (κ2) is 8.23. The molecule has 0 fully saturated rings. The monoisotopic (exact) mass is 444 g/mol. The molecule has 1 aliphatic heterocycles. The normalized spacial score (nSPS) is 21.8. The van der Waals surface area contributed by atoms with E-state index in [1.54, 1.807) is 13.1 Å². The van der Waals surface area contributed by atoms with E-state index in [1.165, 1.54) is 15.4 Å². The van der Waals surface area contributed by atoms with Gasteiger partial charge in [0.15, 0.2) is 0 Å². The second-order valence-corrected chi connectivity index (χ2v) is 10.9. The molecule has 0 spiro atoms. The first-order valence-electron chi connectivity index (χ1n) is 11.1. The van der Waals surface area contributed by atoms with Crippen LogP contribution in [0.25, 0.3) is 0 Å². The zero-order valence-corrected chi connectivity index (χ0v) is 19.2. The maximum absolute atomic E-state index is 13.3. The van der Waals surface area contributed by atoms with Crippen LogP contribution in [0.3, 0.4) is 0 Å². The summed E-state index contributed by atoms with van der Waals surface area (Å²) in [5, 5.41) is 3.71. The Bertz CT molecular complexity index is 1270. The molecule has 0 saturated heterocycles. The van der Waals surface area contributed by atoms with Gasteiger partial charge in [-0.15, -0.1) is 0 Å². The Kier molecular flexibility index (Phi) is 5.39. The van der Waals surface area contributed by atoms with E-state index >= 15 is 0 Å². The van der Waals surface area contributed by atoms with Crippen LogP contribution < -0.4 is 5.32 Å². The highest BCUT2D eigenvalue weighted by molar-refractivity contribution is 7.89. The molecule has 1 heterocycles. The molecule has 1 N–H and O–H groups in total. The number of fused-ring (bicyclic) bond motifs is 3. The van der Waals surface area contributed by atoms with E-state index in [-0.39, 0.29) is 12.0 Å². The Morgan fingerprint density at radius 1 is 1.00 bits per heavy atom. The summed E-state index contributed by atoms with van der Waals surface area (Å²) in [6, 6.07) is 24.1. The molecule has 5 rings (SSSR count). The van der Waals surface area contributed by atoms with Crippen LogP contribution in [0.4, 0.5) is 5.69 Å². The zero-order valence-electron chi connectivity index (χ0n) is 18.4. The van der Waals surface area contributed by atoms with Crippen molar-refractivity contribution in [1.29, 1.82) is 0 Å². The van der Waals surface area contributed by atoms with E-state index in [1.807, 2.05) is 42.5 Å². The molecule has 0 saturated carbocycles. The highest BCUT2D eigenvalue weighted by Gasteiger charge is 2.38. The van der Waals surface area contributed by atoms with Gasteiger partial charge in [-0.3, -0.25) is 0 Å². The van der Waals surface area contributed by atoms with Crippen LogP contribution >= 0.6 is 0 Å². The van der Waals surface area contributed by atoms with Crippen LogP contribution in [-0.4, -0.2) is 19.8 Å². The molecule has 3 aromatic rings. The van der Waals surface area contributed by atoms with E-state index < -0.39 is 10.0 Å². The first-order valence-corrected chi connectivity index (χ1v) is 12.5. The van der Waals surface area contributed by atoms with Gasteiger partial charge in [0.1, 0.15) is 0 Å². The lowest BCUT2D eigenvalue weighted by Gasteiger charge is -2.38. The van der Waals surface area contributed by atoms with Gasteiger partial charge >= 0.3 is 0 Å². The molecule has 0 aromatic heterocycles. The minimum absolute atomic E-state index is 0.214. The van der Waals surface area contributed by atoms with Gasteiger partial charge in [-0.1, -0.05) is 72.3 Å². The molecule has 3 atom stereocenters. The van der Waals surface area contributed by atoms with E-state index in [4.69, 9.17) is 0 Å². The Hall–Kier alpha value is -2.89. The lowest BCUT2D eigenvalue weighted by Crippen LogP contribution is -2.30. The van der Waals surface area contributed by atoms with Crippen LogP contribution in [0.1, 0.15) is 40.6 Å². The summed E-state index contributed by atoms with van der Waals surface area (Å²) in [5.41, 5.74) is 5.60. The smallest absolute Gasteiger partial charge is 0.243 e. The zero-order chi connectivity index (χ0) is 22.3. The van der Waals surface area contributed by atoms with Crippen molar-refractivity contribution < 1.29 is 8.42 Å². The van der Waals surface area contributed by atoms with Crippen molar-refractivity contribution in [1.82, 2.24) is 4.31 Å². The van der Waals surface area contributed by atoms with Crippen LogP contribution in [0.15, 0.2) is 89.8 Å². The van der Waals surface area contributed by atoms with Crippen molar-refractivity contribution in [2.24, 2.45) is 5.92 Å². The third-order valence-corrected chi connectivity index (χ3v) is 8.49.